The lowest BCUT2D eigenvalue weighted by atomic mass is 10.2. The smallest absolute Gasteiger partial charge is 0.355 e. The third-order valence-corrected chi connectivity index (χ3v) is 6.45. The zero-order chi connectivity index (χ0) is 18.5. The third-order valence-electron chi connectivity index (χ3n) is 4.11. The van der Waals surface area contributed by atoms with Crippen LogP contribution in [-0.2, 0) is 4.79 Å². The highest BCUT2D eigenvalue weighted by atomic mass is 35.5. The van der Waals surface area contributed by atoms with Gasteiger partial charge in [-0.3, -0.25) is 4.79 Å². The van der Waals surface area contributed by atoms with Crippen molar-refractivity contribution in [1.29, 1.82) is 0 Å². The summed E-state index contributed by atoms with van der Waals surface area (Å²) in [5, 5.41) is 14.4. The van der Waals surface area contributed by atoms with Gasteiger partial charge in [-0.25, -0.2) is 9.78 Å². The molecule has 1 unspecified atom stereocenters. The lowest BCUT2D eigenvalue weighted by Gasteiger charge is -2.25. The molecule has 6 nitrogen and oxygen atoms in total. The first kappa shape index (κ1) is 19.0. The third kappa shape index (κ3) is 4.69. The summed E-state index contributed by atoms with van der Waals surface area (Å²) in [6.07, 6.45) is 1.38. The number of halogens is 1. The van der Waals surface area contributed by atoms with Crippen molar-refractivity contribution in [2.75, 3.05) is 24.2 Å². The van der Waals surface area contributed by atoms with Crippen LogP contribution in [0.3, 0.4) is 0 Å². The van der Waals surface area contributed by atoms with Gasteiger partial charge in [0.2, 0.25) is 5.91 Å². The van der Waals surface area contributed by atoms with E-state index in [1.54, 1.807) is 0 Å². The van der Waals surface area contributed by atoms with Crippen LogP contribution < -0.4 is 5.32 Å². The van der Waals surface area contributed by atoms with Gasteiger partial charge in [0.25, 0.3) is 0 Å². The van der Waals surface area contributed by atoms with E-state index in [1.165, 1.54) is 28.5 Å². The van der Waals surface area contributed by atoms with Gasteiger partial charge in [-0.05, 0) is 18.6 Å². The highest BCUT2D eigenvalue weighted by Crippen LogP contribution is 2.26. The van der Waals surface area contributed by atoms with Crippen LogP contribution in [0.5, 0.6) is 0 Å². The van der Waals surface area contributed by atoms with Crippen LogP contribution in [0.15, 0.2) is 34.0 Å². The number of para-hydroxylation sites is 1. The van der Waals surface area contributed by atoms with E-state index >= 15 is 0 Å². The van der Waals surface area contributed by atoms with Crippen molar-refractivity contribution < 1.29 is 14.7 Å². The number of benzene rings is 1. The number of hydrogen-bond donors (Lipinski definition) is 2. The van der Waals surface area contributed by atoms with Gasteiger partial charge in [0.1, 0.15) is 0 Å². The molecule has 138 valence electrons. The molecule has 0 spiro atoms. The number of carbonyl (C=O) groups excluding carboxylic acids is 1. The number of anilines is 1. The Labute approximate surface area is 164 Å². The number of nitrogens with zero attached hydrogens (tertiary/aromatic N) is 2. The van der Waals surface area contributed by atoms with Crippen molar-refractivity contribution in [3.05, 3.63) is 40.4 Å². The first-order valence-corrected chi connectivity index (χ1v) is 10.4. The summed E-state index contributed by atoms with van der Waals surface area (Å²) in [7, 11) is 0. The van der Waals surface area contributed by atoms with E-state index in [4.69, 9.17) is 16.7 Å². The average molecular weight is 412 g/mol. The van der Waals surface area contributed by atoms with Crippen molar-refractivity contribution in [3.8, 4) is 0 Å². The van der Waals surface area contributed by atoms with Crippen molar-refractivity contribution in [1.82, 2.24) is 9.88 Å². The molecule has 1 fully saturated rings. The highest BCUT2D eigenvalue weighted by molar-refractivity contribution is 8.01. The van der Waals surface area contributed by atoms with Crippen molar-refractivity contribution >= 4 is 52.3 Å². The largest absolute Gasteiger partial charge is 0.476 e. The molecule has 3 rings (SSSR count). The Hall–Kier alpha value is -1.77. The van der Waals surface area contributed by atoms with Crippen LogP contribution in [0.2, 0.25) is 5.02 Å². The normalized spacial score (nSPS) is 16.9. The zero-order valence-corrected chi connectivity index (χ0v) is 16.2. The second-order valence-corrected chi connectivity index (χ2v) is 8.40. The molecule has 26 heavy (non-hydrogen) atoms. The molecular weight excluding hydrogens is 394 g/mol. The predicted octanol–water partition coefficient (Wildman–Crippen LogP) is 3.69. The summed E-state index contributed by atoms with van der Waals surface area (Å²) in [4.78, 5) is 29.0. The monoisotopic (exact) mass is 411 g/mol. The van der Waals surface area contributed by atoms with Crippen LogP contribution in [-0.4, -0.2) is 51.8 Å². The molecule has 1 saturated heterocycles. The first-order valence-electron chi connectivity index (χ1n) is 8.14. The number of thiazole rings is 1. The number of aromatic carboxylic acids is 1. The molecule has 2 N–H and O–H groups in total. The molecule has 0 bridgehead atoms. The van der Waals surface area contributed by atoms with Crippen LogP contribution in [0.25, 0.3) is 0 Å². The van der Waals surface area contributed by atoms with Crippen molar-refractivity contribution in [2.45, 2.75) is 23.2 Å². The van der Waals surface area contributed by atoms with E-state index in [2.05, 4.69) is 10.3 Å². The average Bonchev–Trinajstić information content (AvgIpc) is 3.22. The molecule has 2 aromatic rings. The van der Waals surface area contributed by atoms with Crippen LogP contribution in [0.1, 0.15) is 23.3 Å². The number of nitrogens with one attached hydrogen (secondary N) is 1. The van der Waals surface area contributed by atoms with Crippen LogP contribution in [0.4, 0.5) is 5.69 Å². The molecule has 1 aromatic heterocycles. The Morgan fingerprint density at radius 3 is 3.00 bits per heavy atom. The Morgan fingerprint density at radius 2 is 2.27 bits per heavy atom. The molecule has 0 saturated carbocycles. The Morgan fingerprint density at radius 1 is 1.46 bits per heavy atom. The summed E-state index contributed by atoms with van der Waals surface area (Å²) >= 11 is 8.94. The molecule has 1 aliphatic rings. The van der Waals surface area contributed by atoms with Gasteiger partial charge in [-0.15, -0.1) is 11.3 Å². The summed E-state index contributed by atoms with van der Waals surface area (Å²) < 4.78 is 0.708. The Bertz CT molecular complexity index is 799. The summed E-state index contributed by atoms with van der Waals surface area (Å²) in [6, 6.07) is 7.68. The number of carboxylic acid groups (broad SMARTS) is 1. The first-order chi connectivity index (χ1) is 12.5. The number of aromatic nitrogens is 1. The predicted molar refractivity (Wildman–Crippen MR) is 104 cm³/mol. The van der Waals surface area contributed by atoms with Gasteiger partial charge < -0.3 is 15.3 Å². The number of amides is 1. The molecule has 9 heteroatoms. The fraction of sp³-hybridized carbons (Fsp3) is 0.353. The zero-order valence-electron chi connectivity index (χ0n) is 13.9. The number of carbonyl (C=O) groups is 2. The highest BCUT2D eigenvalue weighted by Gasteiger charge is 2.30. The van der Waals surface area contributed by atoms with Gasteiger partial charge in [0.05, 0.1) is 10.7 Å². The Balaban J connectivity index is 1.51. The topological polar surface area (TPSA) is 82.5 Å². The molecular formula is C17H18ClN3O3S2. The van der Waals surface area contributed by atoms with E-state index in [1.807, 2.05) is 29.2 Å². The van der Waals surface area contributed by atoms with E-state index in [9.17, 15) is 9.59 Å². The summed E-state index contributed by atoms with van der Waals surface area (Å²) in [6.45, 7) is 1.26. The quantitative estimate of drug-likeness (QED) is 0.644. The van der Waals surface area contributed by atoms with Gasteiger partial charge in [0.15, 0.2) is 10.0 Å². The minimum absolute atomic E-state index is 0.0663. The molecule has 1 aliphatic heterocycles. The number of carboxylic acids is 1. The second kappa shape index (κ2) is 8.75. The molecule has 1 atom stereocenters. The second-order valence-electron chi connectivity index (χ2n) is 5.79. The number of thioether (sulfide) groups is 1. The summed E-state index contributed by atoms with van der Waals surface area (Å²) in [5.41, 5.74) is 0.934. The maximum Gasteiger partial charge on any atom is 0.355 e. The lowest BCUT2D eigenvalue weighted by Crippen LogP contribution is -2.39. The van der Waals surface area contributed by atoms with Gasteiger partial charge in [-0.1, -0.05) is 35.5 Å². The maximum absolute atomic E-state index is 12.2. The molecule has 2 heterocycles. The van der Waals surface area contributed by atoms with Gasteiger partial charge in [-0.2, -0.15) is 0 Å². The minimum Gasteiger partial charge on any atom is -0.476 e. The SMILES string of the molecule is O=C(O)c1csc(SCCN2C(=O)CCC2CNc2ccccc2Cl)n1. The Kier molecular flexibility index (Phi) is 6.39. The number of rotatable bonds is 8. The standard InChI is InChI=1S/C17H18ClN3O3S2/c18-12-3-1-2-4-13(12)19-9-11-5-6-15(22)21(11)7-8-25-17-20-14(10-26-17)16(23)24/h1-4,10-11,19H,5-9H2,(H,23,24). The van der Waals surface area contributed by atoms with E-state index in [-0.39, 0.29) is 17.6 Å². The maximum atomic E-state index is 12.2. The van der Waals surface area contributed by atoms with Gasteiger partial charge >= 0.3 is 5.97 Å². The van der Waals surface area contributed by atoms with E-state index in [0.29, 0.717) is 34.6 Å². The molecule has 0 radical (unpaired) electrons. The molecule has 1 aromatic carbocycles. The number of likely N-dealkylation sites (tertiary alicyclic amines) is 1. The molecule has 0 aliphatic carbocycles. The van der Waals surface area contributed by atoms with Crippen molar-refractivity contribution in [3.63, 3.8) is 0 Å². The fourth-order valence-corrected chi connectivity index (χ4v) is 4.81. The minimum atomic E-state index is -1.02. The fourth-order valence-electron chi connectivity index (χ4n) is 2.80. The van der Waals surface area contributed by atoms with Crippen molar-refractivity contribution in [2.24, 2.45) is 0 Å². The number of hydrogen-bond acceptors (Lipinski definition) is 6. The molecule has 1 amide bonds. The lowest BCUT2D eigenvalue weighted by molar-refractivity contribution is -0.128. The van der Waals surface area contributed by atoms with E-state index in [0.717, 1.165) is 12.1 Å². The van der Waals surface area contributed by atoms with Crippen LogP contribution in [0, 0.1) is 0 Å². The van der Waals surface area contributed by atoms with E-state index < -0.39 is 5.97 Å². The van der Waals surface area contributed by atoms with Crippen LogP contribution >= 0.6 is 34.7 Å². The summed E-state index contributed by atoms with van der Waals surface area (Å²) in [5.74, 6) is -0.184. The van der Waals surface area contributed by atoms with Gasteiger partial charge in [0, 0.05) is 36.7 Å².